The summed E-state index contributed by atoms with van der Waals surface area (Å²) in [7, 11) is 0. The zero-order valence-corrected chi connectivity index (χ0v) is 19.8. The van der Waals surface area contributed by atoms with Crippen LogP contribution in [0.1, 0.15) is 62.0 Å². The second kappa shape index (κ2) is 10.1. The van der Waals surface area contributed by atoms with Crippen molar-refractivity contribution in [2.24, 2.45) is 5.92 Å². The van der Waals surface area contributed by atoms with Gasteiger partial charge in [-0.3, -0.25) is 9.59 Å². The lowest BCUT2D eigenvalue weighted by Crippen LogP contribution is -2.45. The summed E-state index contributed by atoms with van der Waals surface area (Å²) in [6, 6.07) is 16.3. The third-order valence-corrected chi connectivity index (χ3v) is 7.80. The predicted octanol–water partition coefficient (Wildman–Crippen LogP) is 4.55. The summed E-state index contributed by atoms with van der Waals surface area (Å²) in [5.41, 5.74) is 4.70. The number of carboxylic acid groups (broad SMARTS) is 1. The number of nitrogens with one attached hydrogen (secondary N) is 1. The monoisotopic (exact) mass is 476 g/mol. The van der Waals surface area contributed by atoms with E-state index in [0.717, 1.165) is 25.7 Å². The number of carbonyl (C=O) groups is 3. The van der Waals surface area contributed by atoms with Gasteiger partial charge in [0.25, 0.3) is 0 Å². The number of benzene rings is 2. The lowest BCUT2D eigenvalue weighted by molar-refractivity contribution is -0.148. The maximum Gasteiger partial charge on any atom is 0.407 e. The van der Waals surface area contributed by atoms with E-state index in [1.807, 2.05) is 24.3 Å². The fourth-order valence-electron chi connectivity index (χ4n) is 6.13. The molecule has 2 fully saturated rings. The number of carboxylic acids is 1. The van der Waals surface area contributed by atoms with Gasteiger partial charge < -0.3 is 20.1 Å². The van der Waals surface area contributed by atoms with Crippen molar-refractivity contribution in [3.8, 4) is 11.1 Å². The normalized spacial score (nSPS) is 21.4. The highest BCUT2D eigenvalue weighted by Crippen LogP contribution is 2.44. The molecule has 0 spiro atoms. The van der Waals surface area contributed by atoms with Gasteiger partial charge in [0.2, 0.25) is 5.91 Å². The fourth-order valence-corrected chi connectivity index (χ4v) is 6.13. The van der Waals surface area contributed by atoms with Crippen LogP contribution in [0.15, 0.2) is 48.5 Å². The molecule has 7 nitrogen and oxygen atoms in total. The largest absolute Gasteiger partial charge is 0.480 e. The Morgan fingerprint density at radius 3 is 2.17 bits per heavy atom. The van der Waals surface area contributed by atoms with Gasteiger partial charge in [-0.15, -0.1) is 0 Å². The van der Waals surface area contributed by atoms with Gasteiger partial charge in [-0.2, -0.15) is 0 Å². The molecule has 2 saturated carbocycles. The Bertz CT molecular complexity index is 1060. The quantitative estimate of drug-likeness (QED) is 0.611. The Hall–Kier alpha value is -3.35. The Morgan fingerprint density at radius 2 is 1.54 bits per heavy atom. The van der Waals surface area contributed by atoms with Crippen LogP contribution in [0.25, 0.3) is 11.1 Å². The number of hydrogen-bond donors (Lipinski definition) is 2. The fraction of sp³-hybridized carbons (Fsp3) is 0.464. The number of rotatable bonds is 7. The van der Waals surface area contributed by atoms with Crippen molar-refractivity contribution in [3.05, 3.63) is 59.7 Å². The number of fused-ring (bicyclic) bond motifs is 3. The number of carbonyl (C=O) groups excluding carboxylic acids is 2. The summed E-state index contributed by atoms with van der Waals surface area (Å²) in [6.07, 6.45) is 5.19. The maximum atomic E-state index is 13.2. The first-order chi connectivity index (χ1) is 17.0. The second-order valence-corrected chi connectivity index (χ2v) is 9.97. The minimum absolute atomic E-state index is 0.00189. The van der Waals surface area contributed by atoms with E-state index < -0.39 is 12.1 Å². The molecule has 184 valence electrons. The van der Waals surface area contributed by atoms with Gasteiger partial charge in [0.05, 0.1) is 0 Å². The van der Waals surface area contributed by atoms with Crippen LogP contribution < -0.4 is 5.32 Å². The molecule has 7 heteroatoms. The minimum Gasteiger partial charge on any atom is -0.480 e. The molecule has 2 amide bonds. The van der Waals surface area contributed by atoms with Gasteiger partial charge >= 0.3 is 12.1 Å². The standard InChI is InChI=1S/C28H32N2O5/c31-26(32)16-30(20-7-1-2-8-20)27(33)18-13-14-19(15-18)29-28(34)35-17-25-23-11-5-3-9-21(23)22-10-4-6-12-24(22)25/h3-6,9-12,18-20,25H,1-2,7-8,13-17H2,(H,29,34)(H,31,32). The third-order valence-electron chi connectivity index (χ3n) is 7.80. The summed E-state index contributed by atoms with van der Waals surface area (Å²) >= 11 is 0. The van der Waals surface area contributed by atoms with E-state index in [-0.39, 0.29) is 43.0 Å². The molecule has 0 aliphatic heterocycles. The molecule has 2 aromatic rings. The molecule has 35 heavy (non-hydrogen) atoms. The molecule has 2 atom stereocenters. The van der Waals surface area contributed by atoms with Crippen LogP contribution in [0.2, 0.25) is 0 Å². The Kier molecular flexibility index (Phi) is 6.75. The molecule has 0 bridgehead atoms. The van der Waals surface area contributed by atoms with E-state index in [9.17, 15) is 19.5 Å². The van der Waals surface area contributed by atoms with Crippen LogP contribution in [0, 0.1) is 5.92 Å². The van der Waals surface area contributed by atoms with Gasteiger partial charge in [0, 0.05) is 23.9 Å². The van der Waals surface area contributed by atoms with Gasteiger partial charge in [-0.05, 0) is 54.4 Å². The number of amides is 2. The van der Waals surface area contributed by atoms with Crippen LogP contribution in [0.4, 0.5) is 4.79 Å². The number of hydrogen-bond acceptors (Lipinski definition) is 4. The van der Waals surface area contributed by atoms with Crippen LogP contribution in [-0.4, -0.2) is 53.2 Å². The highest BCUT2D eigenvalue weighted by atomic mass is 16.5. The van der Waals surface area contributed by atoms with E-state index in [0.29, 0.717) is 19.3 Å². The Morgan fingerprint density at radius 1 is 0.914 bits per heavy atom. The van der Waals surface area contributed by atoms with Gasteiger partial charge in [-0.1, -0.05) is 61.4 Å². The smallest absolute Gasteiger partial charge is 0.407 e. The lowest BCUT2D eigenvalue weighted by atomic mass is 9.98. The highest BCUT2D eigenvalue weighted by Gasteiger charge is 2.37. The summed E-state index contributed by atoms with van der Waals surface area (Å²) in [4.78, 5) is 38.7. The van der Waals surface area contributed by atoms with Crippen molar-refractivity contribution in [1.82, 2.24) is 10.2 Å². The number of alkyl carbamates (subject to hydrolysis) is 1. The summed E-state index contributed by atoms with van der Waals surface area (Å²) < 4.78 is 5.66. The van der Waals surface area contributed by atoms with Crippen molar-refractivity contribution in [2.75, 3.05) is 13.2 Å². The van der Waals surface area contributed by atoms with Gasteiger partial charge in [0.15, 0.2) is 0 Å². The molecule has 0 heterocycles. The van der Waals surface area contributed by atoms with Crippen LogP contribution in [0.3, 0.4) is 0 Å². The second-order valence-electron chi connectivity index (χ2n) is 9.97. The van der Waals surface area contributed by atoms with E-state index in [2.05, 4.69) is 29.6 Å². The van der Waals surface area contributed by atoms with E-state index in [1.54, 1.807) is 4.90 Å². The maximum absolute atomic E-state index is 13.2. The molecule has 0 aromatic heterocycles. The van der Waals surface area contributed by atoms with Crippen LogP contribution in [0.5, 0.6) is 0 Å². The average molecular weight is 477 g/mol. The third kappa shape index (κ3) is 4.90. The van der Waals surface area contributed by atoms with E-state index in [4.69, 9.17) is 4.74 Å². The van der Waals surface area contributed by atoms with Crippen molar-refractivity contribution in [2.45, 2.75) is 62.9 Å². The van der Waals surface area contributed by atoms with Crippen LogP contribution in [-0.2, 0) is 14.3 Å². The first-order valence-corrected chi connectivity index (χ1v) is 12.6. The summed E-state index contributed by atoms with van der Waals surface area (Å²) in [5.74, 6) is -1.32. The first-order valence-electron chi connectivity index (χ1n) is 12.6. The number of nitrogens with zero attached hydrogens (tertiary/aromatic N) is 1. The predicted molar refractivity (Wildman–Crippen MR) is 131 cm³/mol. The SMILES string of the molecule is O=C(O)CN(C(=O)C1CCC(NC(=O)OCC2c3ccccc3-c3ccccc32)C1)C1CCCC1. The highest BCUT2D eigenvalue weighted by molar-refractivity contribution is 5.84. The first kappa shape index (κ1) is 23.4. The van der Waals surface area contributed by atoms with Crippen molar-refractivity contribution >= 4 is 18.0 Å². The summed E-state index contributed by atoms with van der Waals surface area (Å²) in [5, 5.41) is 12.2. The molecule has 0 radical (unpaired) electrons. The van der Waals surface area contributed by atoms with Crippen molar-refractivity contribution in [3.63, 3.8) is 0 Å². The number of ether oxygens (including phenoxy) is 1. The topological polar surface area (TPSA) is 95.9 Å². The Labute approximate surface area is 205 Å². The van der Waals surface area contributed by atoms with Crippen molar-refractivity contribution < 1.29 is 24.2 Å². The molecule has 2 N–H and O–H groups in total. The molecule has 2 aromatic carbocycles. The van der Waals surface area contributed by atoms with Crippen LogP contribution >= 0.6 is 0 Å². The van der Waals surface area contributed by atoms with Gasteiger partial charge in [-0.25, -0.2) is 4.79 Å². The average Bonchev–Trinajstić information content (AvgIpc) is 3.60. The molecule has 2 unspecified atom stereocenters. The minimum atomic E-state index is -0.975. The zero-order chi connectivity index (χ0) is 24.4. The zero-order valence-electron chi connectivity index (χ0n) is 19.8. The Balaban J connectivity index is 1.16. The molecule has 0 saturated heterocycles. The number of aliphatic carboxylic acids is 1. The van der Waals surface area contributed by atoms with E-state index >= 15 is 0 Å². The molecule has 5 rings (SSSR count). The lowest BCUT2D eigenvalue weighted by Gasteiger charge is -2.30. The van der Waals surface area contributed by atoms with Gasteiger partial charge in [0.1, 0.15) is 13.2 Å². The van der Waals surface area contributed by atoms with Crippen molar-refractivity contribution in [1.29, 1.82) is 0 Å². The molecular formula is C28H32N2O5. The van der Waals surface area contributed by atoms with E-state index in [1.165, 1.54) is 22.3 Å². The molecule has 3 aliphatic carbocycles. The molecular weight excluding hydrogens is 444 g/mol. The summed E-state index contributed by atoms with van der Waals surface area (Å²) in [6.45, 7) is 0.00742. The molecule has 3 aliphatic rings.